The van der Waals surface area contributed by atoms with Crippen molar-refractivity contribution in [2.45, 2.75) is 9.79 Å². The van der Waals surface area contributed by atoms with Crippen LogP contribution in [0.1, 0.15) is 0 Å². The summed E-state index contributed by atoms with van der Waals surface area (Å²) in [6.45, 7) is 0. The lowest BCUT2D eigenvalue weighted by Crippen LogP contribution is -2.22. The standard InChI is InChI=1S/C40H26N4O4S/c45-39-33-15-7-9-17-35(33)41-37(27-11-3-1-4-12-27)43(39)29-19-23-31(24-20-29)49(47,48)32-25-21-30(22-26-32)44-38(28-13-5-2-6-14-28)42-36-18-10-8-16-34(36)40(44)46/h1-26H. The number of rotatable bonds is 6. The van der Waals surface area contributed by atoms with Crippen molar-refractivity contribution >= 4 is 31.6 Å². The van der Waals surface area contributed by atoms with Gasteiger partial charge in [-0.25, -0.2) is 18.4 Å². The minimum atomic E-state index is -3.96. The fourth-order valence-corrected chi connectivity index (χ4v) is 7.25. The summed E-state index contributed by atoms with van der Waals surface area (Å²) in [6, 6.07) is 45.4. The summed E-state index contributed by atoms with van der Waals surface area (Å²) in [5.41, 5.74) is 3.08. The summed E-state index contributed by atoms with van der Waals surface area (Å²) in [6.07, 6.45) is 0. The van der Waals surface area contributed by atoms with Crippen molar-refractivity contribution in [1.29, 1.82) is 0 Å². The van der Waals surface area contributed by atoms with E-state index < -0.39 is 9.84 Å². The summed E-state index contributed by atoms with van der Waals surface area (Å²) in [7, 11) is -3.96. The third kappa shape index (κ3) is 5.22. The van der Waals surface area contributed by atoms with Crippen molar-refractivity contribution in [2.24, 2.45) is 0 Å². The second kappa shape index (κ2) is 12.0. The van der Waals surface area contributed by atoms with Gasteiger partial charge in [-0.05, 0) is 72.8 Å². The van der Waals surface area contributed by atoms with Gasteiger partial charge in [-0.1, -0.05) is 84.9 Å². The zero-order valence-corrected chi connectivity index (χ0v) is 26.7. The quantitative estimate of drug-likeness (QED) is 0.186. The van der Waals surface area contributed by atoms with E-state index in [0.29, 0.717) is 44.8 Å². The molecule has 8 rings (SSSR count). The predicted molar refractivity (Wildman–Crippen MR) is 191 cm³/mol. The molecule has 2 heterocycles. The van der Waals surface area contributed by atoms with E-state index in [9.17, 15) is 18.0 Å². The zero-order valence-electron chi connectivity index (χ0n) is 25.8. The highest BCUT2D eigenvalue weighted by molar-refractivity contribution is 7.91. The molecule has 0 N–H and O–H groups in total. The minimum absolute atomic E-state index is 0.0570. The predicted octanol–water partition coefficient (Wildman–Crippen LogP) is 7.25. The van der Waals surface area contributed by atoms with E-state index >= 15 is 0 Å². The minimum Gasteiger partial charge on any atom is -0.268 e. The largest absolute Gasteiger partial charge is 0.268 e. The summed E-state index contributed by atoms with van der Waals surface area (Å²) >= 11 is 0. The molecule has 0 aliphatic rings. The van der Waals surface area contributed by atoms with Crippen LogP contribution in [0.3, 0.4) is 0 Å². The van der Waals surface area contributed by atoms with E-state index in [-0.39, 0.29) is 20.9 Å². The smallest absolute Gasteiger partial charge is 0.266 e. The van der Waals surface area contributed by atoms with E-state index in [2.05, 4.69) is 0 Å². The van der Waals surface area contributed by atoms with Crippen molar-refractivity contribution in [1.82, 2.24) is 19.1 Å². The number of fused-ring (bicyclic) bond motifs is 2. The normalized spacial score (nSPS) is 11.6. The van der Waals surface area contributed by atoms with Crippen LogP contribution in [0.2, 0.25) is 0 Å². The first-order chi connectivity index (χ1) is 23.9. The fraction of sp³-hybridized carbons (Fsp3) is 0. The number of hydrogen-bond acceptors (Lipinski definition) is 6. The van der Waals surface area contributed by atoms with Gasteiger partial charge in [-0.3, -0.25) is 18.7 Å². The molecule has 2 aromatic heterocycles. The maximum Gasteiger partial charge on any atom is 0.266 e. The first-order valence-electron chi connectivity index (χ1n) is 15.5. The molecule has 0 bridgehead atoms. The summed E-state index contributed by atoms with van der Waals surface area (Å²) in [5.74, 6) is 0.896. The van der Waals surface area contributed by atoms with Gasteiger partial charge in [-0.2, -0.15) is 0 Å². The van der Waals surface area contributed by atoms with Crippen LogP contribution >= 0.6 is 0 Å². The van der Waals surface area contributed by atoms with Crippen LogP contribution in [0.4, 0.5) is 0 Å². The van der Waals surface area contributed by atoms with Gasteiger partial charge in [0.1, 0.15) is 11.6 Å². The summed E-state index contributed by atoms with van der Waals surface area (Å²) in [4.78, 5) is 37.2. The molecule has 8 aromatic rings. The zero-order chi connectivity index (χ0) is 33.5. The summed E-state index contributed by atoms with van der Waals surface area (Å²) in [5, 5.41) is 0.908. The molecular weight excluding hydrogens is 633 g/mol. The maximum atomic E-state index is 13.8. The van der Waals surface area contributed by atoms with Gasteiger partial charge >= 0.3 is 0 Å². The van der Waals surface area contributed by atoms with Crippen LogP contribution in [-0.2, 0) is 9.84 Å². The van der Waals surface area contributed by atoms with Crippen LogP contribution in [0, 0.1) is 0 Å². The van der Waals surface area contributed by atoms with E-state index in [4.69, 9.17) is 9.97 Å². The Hall–Kier alpha value is -6.45. The number of aromatic nitrogens is 4. The van der Waals surface area contributed by atoms with Crippen molar-refractivity contribution < 1.29 is 8.42 Å². The van der Waals surface area contributed by atoms with Gasteiger partial charge < -0.3 is 0 Å². The molecule has 0 radical (unpaired) electrons. The first kappa shape index (κ1) is 29.9. The SMILES string of the molecule is O=c1c2ccccc2nc(-c2ccccc2)n1-c1ccc(S(=O)(=O)c2ccc(-n3c(-c4ccccc4)nc4ccccc4c3=O)cc2)cc1. The summed E-state index contributed by atoms with van der Waals surface area (Å²) < 4.78 is 30.7. The van der Waals surface area contributed by atoms with Crippen molar-refractivity contribution in [3.63, 3.8) is 0 Å². The van der Waals surface area contributed by atoms with Crippen LogP contribution < -0.4 is 11.1 Å². The second-order valence-electron chi connectivity index (χ2n) is 11.4. The topological polar surface area (TPSA) is 104 Å². The highest BCUT2D eigenvalue weighted by Gasteiger charge is 2.21. The van der Waals surface area contributed by atoms with E-state index in [1.165, 1.54) is 33.4 Å². The van der Waals surface area contributed by atoms with E-state index in [1.807, 2.05) is 72.8 Å². The number of hydrogen-bond donors (Lipinski definition) is 0. The van der Waals surface area contributed by atoms with Gasteiger partial charge in [0, 0.05) is 11.1 Å². The van der Waals surface area contributed by atoms with Gasteiger partial charge in [0.25, 0.3) is 11.1 Å². The van der Waals surface area contributed by atoms with Gasteiger partial charge in [-0.15, -0.1) is 0 Å². The molecule has 0 unspecified atom stereocenters. The highest BCUT2D eigenvalue weighted by atomic mass is 32.2. The molecule has 6 aromatic carbocycles. The van der Waals surface area contributed by atoms with Crippen LogP contribution in [0.5, 0.6) is 0 Å². The molecule has 0 aliphatic carbocycles. The Morgan fingerprint density at radius 1 is 0.408 bits per heavy atom. The van der Waals surface area contributed by atoms with Crippen LogP contribution in [0.25, 0.3) is 56.0 Å². The molecule has 8 nitrogen and oxygen atoms in total. The molecule has 0 fully saturated rings. The van der Waals surface area contributed by atoms with Gasteiger partial charge in [0.2, 0.25) is 9.84 Å². The molecule has 0 amide bonds. The molecule has 49 heavy (non-hydrogen) atoms. The molecule has 0 spiro atoms. The fourth-order valence-electron chi connectivity index (χ4n) is 5.99. The van der Waals surface area contributed by atoms with Crippen molar-refractivity contribution in [2.75, 3.05) is 0 Å². The average Bonchev–Trinajstić information content (AvgIpc) is 3.15. The molecule has 0 saturated carbocycles. The number of para-hydroxylation sites is 2. The van der Waals surface area contributed by atoms with Crippen molar-refractivity contribution in [3.05, 3.63) is 178 Å². The number of sulfone groups is 1. The lowest BCUT2D eigenvalue weighted by molar-refractivity contribution is 0.596. The lowest BCUT2D eigenvalue weighted by atomic mass is 10.1. The first-order valence-corrected chi connectivity index (χ1v) is 17.0. The molecule has 0 aliphatic heterocycles. The lowest BCUT2D eigenvalue weighted by Gasteiger charge is -2.15. The number of nitrogens with zero attached hydrogens (tertiary/aromatic N) is 4. The third-order valence-corrected chi connectivity index (χ3v) is 10.2. The Morgan fingerprint density at radius 3 is 1.14 bits per heavy atom. The molecule has 0 saturated heterocycles. The Labute approximate surface area is 280 Å². The second-order valence-corrected chi connectivity index (χ2v) is 13.4. The highest BCUT2D eigenvalue weighted by Crippen LogP contribution is 2.27. The number of benzene rings is 6. The molecule has 236 valence electrons. The van der Waals surface area contributed by atoms with Crippen LogP contribution in [-0.4, -0.2) is 27.5 Å². The third-order valence-electron chi connectivity index (χ3n) is 8.43. The Balaban J connectivity index is 1.18. The average molecular weight is 659 g/mol. The van der Waals surface area contributed by atoms with Gasteiger partial charge in [0.05, 0.1) is 43.0 Å². The Morgan fingerprint density at radius 2 is 0.755 bits per heavy atom. The van der Waals surface area contributed by atoms with Crippen molar-refractivity contribution in [3.8, 4) is 34.2 Å². The van der Waals surface area contributed by atoms with E-state index in [0.717, 1.165) is 11.1 Å². The molecule has 9 heteroatoms. The Kier molecular flexibility index (Phi) is 7.31. The van der Waals surface area contributed by atoms with Crippen LogP contribution in [0.15, 0.2) is 177 Å². The Bertz CT molecular complexity index is 2560. The molecular formula is C40H26N4O4S. The maximum absolute atomic E-state index is 13.8. The van der Waals surface area contributed by atoms with E-state index in [1.54, 1.807) is 60.7 Å². The van der Waals surface area contributed by atoms with Gasteiger partial charge in [0.15, 0.2) is 0 Å². The monoisotopic (exact) mass is 658 g/mol. The molecule has 0 atom stereocenters.